The lowest BCUT2D eigenvalue weighted by atomic mass is 10.2. The van der Waals surface area contributed by atoms with Gasteiger partial charge in [0.25, 0.3) is 0 Å². The molecule has 3 nitrogen and oxygen atoms in total. The summed E-state index contributed by atoms with van der Waals surface area (Å²) in [7, 11) is 0. The molecule has 15 heavy (non-hydrogen) atoms. The molecule has 3 heteroatoms. The number of nitrogens with zero attached hydrogens (tertiary/aromatic N) is 1. The fourth-order valence-corrected chi connectivity index (χ4v) is 2.08. The van der Waals surface area contributed by atoms with E-state index in [2.05, 4.69) is 22.5 Å². The molecular weight excluding hydrogens is 186 g/mol. The van der Waals surface area contributed by atoms with E-state index in [1.807, 2.05) is 0 Å². The van der Waals surface area contributed by atoms with E-state index >= 15 is 0 Å². The van der Waals surface area contributed by atoms with Gasteiger partial charge < -0.3 is 15.5 Å². The summed E-state index contributed by atoms with van der Waals surface area (Å²) in [5.41, 5.74) is 0. The number of hydrogen-bond acceptors (Lipinski definition) is 3. The first-order valence-corrected chi connectivity index (χ1v) is 6.57. The minimum atomic E-state index is 1.08. The van der Waals surface area contributed by atoms with Gasteiger partial charge in [-0.3, -0.25) is 0 Å². The smallest absolute Gasteiger partial charge is 0.0107 e. The van der Waals surface area contributed by atoms with Crippen molar-refractivity contribution in [3.63, 3.8) is 0 Å². The van der Waals surface area contributed by atoms with Gasteiger partial charge in [-0.15, -0.1) is 0 Å². The van der Waals surface area contributed by atoms with Crippen LogP contribution in [0, 0.1) is 0 Å². The molecule has 0 aliphatic carbocycles. The Morgan fingerprint density at radius 3 is 2.20 bits per heavy atom. The maximum absolute atomic E-state index is 3.48. The van der Waals surface area contributed by atoms with Crippen LogP contribution in [0.2, 0.25) is 0 Å². The molecule has 1 saturated heterocycles. The monoisotopic (exact) mass is 213 g/mol. The third-order valence-corrected chi connectivity index (χ3v) is 3.03. The molecule has 0 spiro atoms. The first kappa shape index (κ1) is 12.9. The van der Waals surface area contributed by atoms with E-state index in [1.165, 1.54) is 45.3 Å². The highest BCUT2D eigenvalue weighted by Gasteiger charge is 2.07. The Labute approximate surface area is 94.6 Å². The van der Waals surface area contributed by atoms with Gasteiger partial charge in [-0.2, -0.15) is 0 Å². The fraction of sp³-hybridized carbons (Fsp3) is 1.00. The van der Waals surface area contributed by atoms with Crippen molar-refractivity contribution >= 4 is 0 Å². The van der Waals surface area contributed by atoms with Crippen molar-refractivity contribution in [1.82, 2.24) is 15.5 Å². The molecule has 1 fully saturated rings. The van der Waals surface area contributed by atoms with Gasteiger partial charge in [0.15, 0.2) is 0 Å². The van der Waals surface area contributed by atoms with Crippen LogP contribution in [-0.2, 0) is 0 Å². The van der Waals surface area contributed by atoms with Crippen LogP contribution in [0.15, 0.2) is 0 Å². The molecule has 0 amide bonds. The molecule has 0 aromatic carbocycles. The van der Waals surface area contributed by atoms with Gasteiger partial charge in [-0.1, -0.05) is 19.8 Å². The van der Waals surface area contributed by atoms with Gasteiger partial charge in [0.05, 0.1) is 0 Å². The average molecular weight is 213 g/mol. The van der Waals surface area contributed by atoms with E-state index in [0.717, 1.165) is 26.2 Å². The lowest BCUT2D eigenvalue weighted by molar-refractivity contribution is 0.284. The van der Waals surface area contributed by atoms with Crippen LogP contribution in [-0.4, -0.2) is 50.7 Å². The standard InChI is InChI=1S/C12H27N3/c1-2-13-7-8-14-9-12-15-10-5-3-4-6-11-15/h13-14H,2-12H2,1H3. The lowest BCUT2D eigenvalue weighted by Gasteiger charge is -2.19. The maximum Gasteiger partial charge on any atom is 0.0107 e. The van der Waals surface area contributed by atoms with Crippen molar-refractivity contribution in [2.75, 3.05) is 45.8 Å². The molecule has 0 aromatic heterocycles. The summed E-state index contributed by atoms with van der Waals surface area (Å²) < 4.78 is 0. The van der Waals surface area contributed by atoms with Gasteiger partial charge in [0.1, 0.15) is 0 Å². The molecule has 1 aliphatic heterocycles. The maximum atomic E-state index is 3.48. The molecule has 2 N–H and O–H groups in total. The van der Waals surface area contributed by atoms with Crippen LogP contribution < -0.4 is 10.6 Å². The highest BCUT2D eigenvalue weighted by molar-refractivity contribution is 4.64. The van der Waals surface area contributed by atoms with E-state index in [4.69, 9.17) is 0 Å². The van der Waals surface area contributed by atoms with Crippen LogP contribution in [0.3, 0.4) is 0 Å². The molecule has 0 atom stereocenters. The Morgan fingerprint density at radius 2 is 1.53 bits per heavy atom. The number of likely N-dealkylation sites (tertiary alicyclic amines) is 1. The minimum Gasteiger partial charge on any atom is -0.316 e. The molecule has 0 unspecified atom stereocenters. The Balaban J connectivity index is 1.89. The molecule has 90 valence electrons. The second-order valence-corrected chi connectivity index (χ2v) is 4.36. The Kier molecular flexibility index (Phi) is 7.88. The summed E-state index contributed by atoms with van der Waals surface area (Å²) in [5, 5.41) is 6.80. The van der Waals surface area contributed by atoms with Crippen LogP contribution in [0.4, 0.5) is 0 Å². The fourth-order valence-electron chi connectivity index (χ4n) is 2.08. The van der Waals surface area contributed by atoms with E-state index in [1.54, 1.807) is 0 Å². The van der Waals surface area contributed by atoms with Crippen LogP contribution in [0.5, 0.6) is 0 Å². The summed E-state index contributed by atoms with van der Waals surface area (Å²) in [6.07, 6.45) is 5.67. The molecule has 0 bridgehead atoms. The highest BCUT2D eigenvalue weighted by Crippen LogP contribution is 2.08. The van der Waals surface area contributed by atoms with Crippen molar-refractivity contribution in [3.05, 3.63) is 0 Å². The van der Waals surface area contributed by atoms with E-state index < -0.39 is 0 Å². The molecule has 1 heterocycles. The van der Waals surface area contributed by atoms with Gasteiger partial charge in [0.2, 0.25) is 0 Å². The SMILES string of the molecule is CCNCCNCCN1CCCCCC1. The van der Waals surface area contributed by atoms with Crippen LogP contribution in [0.25, 0.3) is 0 Å². The number of hydrogen-bond donors (Lipinski definition) is 2. The van der Waals surface area contributed by atoms with Gasteiger partial charge in [-0.05, 0) is 32.5 Å². The zero-order valence-electron chi connectivity index (χ0n) is 10.2. The minimum absolute atomic E-state index is 1.08. The third kappa shape index (κ3) is 6.88. The summed E-state index contributed by atoms with van der Waals surface area (Å²) in [6.45, 7) is 10.4. The first-order valence-electron chi connectivity index (χ1n) is 6.57. The quantitative estimate of drug-likeness (QED) is 0.619. The molecular formula is C12H27N3. The van der Waals surface area contributed by atoms with E-state index in [9.17, 15) is 0 Å². The lowest BCUT2D eigenvalue weighted by Crippen LogP contribution is -2.35. The summed E-state index contributed by atoms with van der Waals surface area (Å²) >= 11 is 0. The average Bonchev–Trinajstić information content (AvgIpc) is 2.52. The number of nitrogens with one attached hydrogen (secondary N) is 2. The zero-order chi connectivity index (χ0) is 10.8. The van der Waals surface area contributed by atoms with Crippen molar-refractivity contribution in [2.45, 2.75) is 32.6 Å². The summed E-state index contributed by atoms with van der Waals surface area (Å²) in [4.78, 5) is 2.60. The number of likely N-dealkylation sites (N-methyl/N-ethyl adjacent to an activating group) is 1. The second kappa shape index (κ2) is 9.13. The molecule has 0 aromatic rings. The molecule has 0 saturated carbocycles. The van der Waals surface area contributed by atoms with Crippen LogP contribution in [0.1, 0.15) is 32.6 Å². The van der Waals surface area contributed by atoms with E-state index in [-0.39, 0.29) is 0 Å². The molecule has 1 aliphatic rings. The predicted molar refractivity (Wildman–Crippen MR) is 66.3 cm³/mol. The molecule has 0 radical (unpaired) electrons. The Bertz CT molecular complexity index is 131. The first-order chi connectivity index (χ1) is 7.43. The topological polar surface area (TPSA) is 27.3 Å². The Morgan fingerprint density at radius 1 is 0.867 bits per heavy atom. The van der Waals surface area contributed by atoms with Crippen molar-refractivity contribution in [2.24, 2.45) is 0 Å². The second-order valence-electron chi connectivity index (χ2n) is 4.36. The van der Waals surface area contributed by atoms with Crippen molar-refractivity contribution in [1.29, 1.82) is 0 Å². The summed E-state index contributed by atoms with van der Waals surface area (Å²) in [6, 6.07) is 0. The van der Waals surface area contributed by atoms with Gasteiger partial charge in [0, 0.05) is 26.2 Å². The summed E-state index contributed by atoms with van der Waals surface area (Å²) in [5.74, 6) is 0. The van der Waals surface area contributed by atoms with Crippen molar-refractivity contribution < 1.29 is 0 Å². The van der Waals surface area contributed by atoms with Gasteiger partial charge in [-0.25, -0.2) is 0 Å². The third-order valence-electron chi connectivity index (χ3n) is 3.03. The normalized spacial score (nSPS) is 19.0. The van der Waals surface area contributed by atoms with Crippen LogP contribution >= 0.6 is 0 Å². The zero-order valence-corrected chi connectivity index (χ0v) is 10.2. The predicted octanol–water partition coefficient (Wildman–Crippen LogP) is 1.06. The highest BCUT2D eigenvalue weighted by atomic mass is 15.1. The van der Waals surface area contributed by atoms with Crippen molar-refractivity contribution in [3.8, 4) is 0 Å². The number of rotatable bonds is 7. The largest absolute Gasteiger partial charge is 0.316 e. The molecule has 1 rings (SSSR count). The Hall–Kier alpha value is -0.120. The van der Waals surface area contributed by atoms with Gasteiger partial charge >= 0.3 is 0 Å². The van der Waals surface area contributed by atoms with E-state index in [0.29, 0.717) is 0 Å².